The number of aliphatic carboxylic acids is 1. The highest BCUT2D eigenvalue weighted by Gasteiger charge is 2.31. The fourth-order valence-electron chi connectivity index (χ4n) is 2.00. The number of nitrogens with zero attached hydrogens (tertiary/aromatic N) is 1. The smallest absolute Gasteiger partial charge is 0.414 e. The highest BCUT2D eigenvalue weighted by molar-refractivity contribution is 5.89. The highest BCUT2D eigenvalue weighted by Crippen LogP contribution is 2.17. The van der Waals surface area contributed by atoms with E-state index in [1.165, 1.54) is 13.3 Å². The number of hydrogen-bond acceptors (Lipinski definition) is 5. The van der Waals surface area contributed by atoms with Crippen LogP contribution in [-0.4, -0.2) is 41.2 Å². The van der Waals surface area contributed by atoms with Gasteiger partial charge in [-0.25, -0.2) is 14.4 Å². The molecule has 0 radical (unpaired) electrons. The predicted octanol–water partition coefficient (Wildman–Crippen LogP) is 1.78. The second-order valence-corrected chi connectivity index (χ2v) is 4.62. The fourth-order valence-corrected chi connectivity index (χ4v) is 2.00. The molecule has 7 heteroatoms. The monoisotopic (exact) mass is 305 g/mol. The van der Waals surface area contributed by atoms with Crippen molar-refractivity contribution >= 4 is 18.0 Å². The van der Waals surface area contributed by atoms with E-state index < -0.39 is 24.1 Å². The standard InChI is InChI=1S/C15H15NO6/c1-21-14(19)11-6-4-10(5-7-11)9-22-15(20)16-8-2-3-12(16)13(17)18/h2,4-8,12H,3,9H2,1H3,(H,17,18)/t12-/m0/s1. The molecule has 0 saturated carbocycles. The van der Waals surface area contributed by atoms with Gasteiger partial charge in [-0.3, -0.25) is 4.90 Å². The molecule has 0 bridgehead atoms. The van der Waals surface area contributed by atoms with E-state index in [0.29, 0.717) is 11.1 Å². The van der Waals surface area contributed by atoms with Crippen molar-refractivity contribution in [2.45, 2.75) is 19.1 Å². The summed E-state index contributed by atoms with van der Waals surface area (Å²) >= 11 is 0. The average molecular weight is 305 g/mol. The van der Waals surface area contributed by atoms with Crippen LogP contribution in [0.5, 0.6) is 0 Å². The Bertz CT molecular complexity index is 607. The Morgan fingerprint density at radius 2 is 1.95 bits per heavy atom. The minimum Gasteiger partial charge on any atom is -0.480 e. The molecule has 1 aromatic carbocycles. The molecule has 1 aliphatic rings. The van der Waals surface area contributed by atoms with E-state index in [2.05, 4.69) is 4.74 Å². The number of rotatable bonds is 4. The first-order valence-corrected chi connectivity index (χ1v) is 6.54. The normalized spacial score (nSPS) is 16.4. The van der Waals surface area contributed by atoms with Crippen LogP contribution in [0.1, 0.15) is 22.3 Å². The third-order valence-corrected chi connectivity index (χ3v) is 3.19. The van der Waals surface area contributed by atoms with Gasteiger partial charge in [-0.2, -0.15) is 0 Å². The van der Waals surface area contributed by atoms with Gasteiger partial charge in [0.2, 0.25) is 0 Å². The maximum absolute atomic E-state index is 11.9. The summed E-state index contributed by atoms with van der Waals surface area (Å²) in [6.45, 7) is -0.0169. The lowest BCUT2D eigenvalue weighted by Gasteiger charge is -2.19. The number of esters is 1. The third-order valence-electron chi connectivity index (χ3n) is 3.19. The molecule has 1 atom stereocenters. The van der Waals surface area contributed by atoms with Gasteiger partial charge < -0.3 is 14.6 Å². The van der Waals surface area contributed by atoms with Crippen molar-refractivity contribution in [1.82, 2.24) is 4.90 Å². The predicted molar refractivity (Wildman–Crippen MR) is 75.0 cm³/mol. The van der Waals surface area contributed by atoms with Crippen LogP contribution in [-0.2, 0) is 20.9 Å². The van der Waals surface area contributed by atoms with Crippen molar-refractivity contribution in [1.29, 1.82) is 0 Å². The topological polar surface area (TPSA) is 93.1 Å². The summed E-state index contributed by atoms with van der Waals surface area (Å²) in [5.41, 5.74) is 1.07. The lowest BCUT2D eigenvalue weighted by Crippen LogP contribution is -2.38. The Labute approximate surface area is 126 Å². The van der Waals surface area contributed by atoms with Crippen LogP contribution < -0.4 is 0 Å². The number of methoxy groups -OCH3 is 1. The zero-order chi connectivity index (χ0) is 16.1. The van der Waals surface area contributed by atoms with Gasteiger partial charge in [-0.05, 0) is 24.1 Å². The van der Waals surface area contributed by atoms with Gasteiger partial charge in [0.1, 0.15) is 12.6 Å². The first-order chi connectivity index (χ1) is 10.5. The van der Waals surface area contributed by atoms with Crippen LogP contribution in [0.2, 0.25) is 0 Å². The number of hydrogen-bond donors (Lipinski definition) is 1. The van der Waals surface area contributed by atoms with Gasteiger partial charge in [0.15, 0.2) is 0 Å². The largest absolute Gasteiger partial charge is 0.480 e. The summed E-state index contributed by atoms with van der Waals surface area (Å²) in [5, 5.41) is 8.99. The molecule has 2 rings (SSSR count). The lowest BCUT2D eigenvalue weighted by atomic mass is 10.1. The molecule has 7 nitrogen and oxygen atoms in total. The fraction of sp³-hybridized carbons (Fsp3) is 0.267. The number of carbonyl (C=O) groups is 3. The number of carboxylic acids is 1. The van der Waals surface area contributed by atoms with Gasteiger partial charge in [0.25, 0.3) is 0 Å². The quantitative estimate of drug-likeness (QED) is 0.852. The molecule has 0 fully saturated rings. The van der Waals surface area contributed by atoms with E-state index in [-0.39, 0.29) is 13.0 Å². The van der Waals surface area contributed by atoms with Crippen molar-refractivity contribution in [3.63, 3.8) is 0 Å². The molecule has 1 N–H and O–H groups in total. The number of carboxylic acid groups (broad SMARTS) is 1. The average Bonchev–Trinajstić information content (AvgIpc) is 3.02. The van der Waals surface area contributed by atoms with Gasteiger partial charge in [-0.1, -0.05) is 18.2 Å². The number of benzene rings is 1. The Morgan fingerprint density at radius 3 is 2.55 bits per heavy atom. The zero-order valence-electron chi connectivity index (χ0n) is 11.9. The molecule has 116 valence electrons. The maximum Gasteiger partial charge on any atom is 0.414 e. The van der Waals surface area contributed by atoms with Crippen LogP contribution in [0.25, 0.3) is 0 Å². The van der Waals surface area contributed by atoms with E-state index in [4.69, 9.17) is 9.84 Å². The summed E-state index contributed by atoms with van der Waals surface area (Å²) in [6.07, 6.45) is 2.54. The van der Waals surface area contributed by atoms with Crippen molar-refractivity contribution in [2.75, 3.05) is 7.11 Å². The Balaban J connectivity index is 1.92. The molecule has 1 aliphatic heterocycles. The minimum atomic E-state index is -1.08. The van der Waals surface area contributed by atoms with E-state index in [1.807, 2.05) is 0 Å². The van der Waals surface area contributed by atoms with Crippen LogP contribution in [0.15, 0.2) is 36.5 Å². The van der Waals surface area contributed by atoms with Crippen molar-refractivity contribution < 1.29 is 29.0 Å². The third kappa shape index (κ3) is 3.43. The summed E-state index contributed by atoms with van der Waals surface area (Å²) in [4.78, 5) is 35.2. The van der Waals surface area contributed by atoms with Gasteiger partial charge in [0.05, 0.1) is 12.7 Å². The van der Waals surface area contributed by atoms with Crippen molar-refractivity contribution in [2.24, 2.45) is 0 Å². The molecule has 0 aromatic heterocycles. The second-order valence-electron chi connectivity index (χ2n) is 4.62. The summed E-state index contributed by atoms with van der Waals surface area (Å²) in [5.74, 6) is -1.53. The Hall–Kier alpha value is -2.83. The second kappa shape index (κ2) is 6.75. The van der Waals surface area contributed by atoms with Crippen molar-refractivity contribution in [3.05, 3.63) is 47.7 Å². The molecule has 1 heterocycles. The molecule has 0 aliphatic carbocycles. The number of amides is 1. The molecule has 1 aromatic rings. The van der Waals surface area contributed by atoms with Crippen LogP contribution >= 0.6 is 0 Å². The number of carbonyl (C=O) groups excluding carboxylic acids is 2. The zero-order valence-corrected chi connectivity index (χ0v) is 11.9. The van der Waals surface area contributed by atoms with E-state index in [9.17, 15) is 14.4 Å². The number of ether oxygens (including phenoxy) is 2. The minimum absolute atomic E-state index is 0.0169. The Morgan fingerprint density at radius 1 is 1.27 bits per heavy atom. The van der Waals surface area contributed by atoms with Crippen molar-refractivity contribution in [3.8, 4) is 0 Å². The van der Waals surface area contributed by atoms with E-state index >= 15 is 0 Å². The Kier molecular flexibility index (Phi) is 4.77. The summed E-state index contributed by atoms with van der Waals surface area (Å²) in [7, 11) is 1.29. The summed E-state index contributed by atoms with van der Waals surface area (Å²) in [6, 6.07) is 5.46. The SMILES string of the molecule is COC(=O)c1ccc(COC(=O)N2C=CC[C@H]2C(=O)O)cc1. The first kappa shape index (κ1) is 15.6. The summed E-state index contributed by atoms with van der Waals surface area (Å²) < 4.78 is 9.66. The van der Waals surface area contributed by atoms with Crippen LogP contribution in [0, 0.1) is 0 Å². The van der Waals surface area contributed by atoms with E-state index in [0.717, 1.165) is 4.90 Å². The molecule has 0 unspecified atom stereocenters. The molecular weight excluding hydrogens is 290 g/mol. The first-order valence-electron chi connectivity index (χ1n) is 6.54. The van der Waals surface area contributed by atoms with Crippen LogP contribution in [0.3, 0.4) is 0 Å². The molecular formula is C15H15NO6. The van der Waals surface area contributed by atoms with Gasteiger partial charge in [-0.15, -0.1) is 0 Å². The molecule has 22 heavy (non-hydrogen) atoms. The highest BCUT2D eigenvalue weighted by atomic mass is 16.6. The molecule has 0 saturated heterocycles. The van der Waals surface area contributed by atoms with Gasteiger partial charge in [0, 0.05) is 6.20 Å². The van der Waals surface area contributed by atoms with Crippen LogP contribution in [0.4, 0.5) is 4.79 Å². The van der Waals surface area contributed by atoms with E-state index in [1.54, 1.807) is 30.3 Å². The lowest BCUT2D eigenvalue weighted by molar-refractivity contribution is -0.141. The molecule has 1 amide bonds. The maximum atomic E-state index is 11.9. The molecule has 0 spiro atoms. The van der Waals surface area contributed by atoms with Gasteiger partial charge >= 0.3 is 18.0 Å².